The molecule has 59 heavy (non-hydrogen) atoms. The molecule has 0 radical (unpaired) electrons. The molecule has 1 aliphatic carbocycles. The minimum absolute atomic E-state index is 0.355. The predicted molar refractivity (Wildman–Crippen MR) is 251 cm³/mol. The second kappa shape index (κ2) is 12.0. The topological polar surface area (TPSA) is 9.86 Å². The van der Waals surface area contributed by atoms with E-state index in [2.05, 4.69) is 180 Å². The SMILES string of the molecule is [2H]C([2H])([2H])c1ccc2c(c1)c1cc(C)ccc1n2-c1ccc2c(c1)c1ccccc1n2-c1cccc2c1Cc1c(-c3ccc4c5ccccc5c5ccccc5c4c3)cccc1-2. The van der Waals surface area contributed by atoms with Gasteiger partial charge in [-0.1, -0.05) is 132 Å². The van der Waals surface area contributed by atoms with E-state index in [-0.39, 0.29) is 0 Å². The molecule has 2 heteroatoms. The van der Waals surface area contributed by atoms with Crippen molar-refractivity contribution < 1.29 is 4.11 Å². The first-order valence-electron chi connectivity index (χ1n) is 22.0. The molecule has 1 aliphatic rings. The maximum Gasteiger partial charge on any atom is 0.0542 e. The predicted octanol–water partition coefficient (Wildman–Crippen LogP) is 15.2. The molecule has 0 aliphatic heterocycles. The fourth-order valence-corrected chi connectivity index (χ4v) is 10.5. The van der Waals surface area contributed by atoms with E-state index < -0.39 is 6.85 Å². The van der Waals surface area contributed by atoms with Crippen LogP contribution in [0.15, 0.2) is 182 Å². The van der Waals surface area contributed by atoms with Crippen molar-refractivity contribution >= 4 is 75.9 Å². The molecule has 0 unspecified atom stereocenters. The second-order valence-corrected chi connectivity index (χ2v) is 16.3. The van der Waals surface area contributed by atoms with E-state index >= 15 is 0 Å². The zero-order valence-corrected chi connectivity index (χ0v) is 32.4. The Kier molecular flexibility index (Phi) is 6.08. The summed E-state index contributed by atoms with van der Waals surface area (Å²) in [4.78, 5) is 0. The average molecular weight is 754 g/mol. The molecule has 0 bridgehead atoms. The Morgan fingerprint density at radius 2 is 0.915 bits per heavy atom. The first-order valence-corrected chi connectivity index (χ1v) is 20.5. The zero-order valence-electron chi connectivity index (χ0n) is 35.4. The van der Waals surface area contributed by atoms with Gasteiger partial charge in [0.15, 0.2) is 0 Å². The molecular formula is C57H38N2. The molecule has 0 fully saturated rings. The summed E-state index contributed by atoms with van der Waals surface area (Å²) in [5.74, 6) is 0. The Labute approximate surface area is 346 Å². The number of aromatic nitrogens is 2. The van der Waals surface area contributed by atoms with Crippen molar-refractivity contribution in [2.45, 2.75) is 20.2 Å². The van der Waals surface area contributed by atoms with Gasteiger partial charge in [0, 0.05) is 37.8 Å². The van der Waals surface area contributed by atoms with Crippen LogP contribution in [0.3, 0.4) is 0 Å². The van der Waals surface area contributed by atoms with Gasteiger partial charge < -0.3 is 9.13 Å². The summed E-state index contributed by atoms with van der Waals surface area (Å²) in [7, 11) is 0. The number of aryl methyl sites for hydroxylation is 2. The number of benzene rings is 10. The summed E-state index contributed by atoms with van der Waals surface area (Å²) in [5, 5.41) is 12.1. The van der Waals surface area contributed by atoms with Crippen molar-refractivity contribution in [1.82, 2.24) is 9.13 Å². The molecule has 10 aromatic carbocycles. The van der Waals surface area contributed by atoms with Gasteiger partial charge in [0.25, 0.3) is 0 Å². The van der Waals surface area contributed by atoms with Gasteiger partial charge >= 0.3 is 0 Å². The lowest BCUT2D eigenvalue weighted by atomic mass is 9.90. The van der Waals surface area contributed by atoms with Crippen LogP contribution in [-0.2, 0) is 6.42 Å². The molecule has 2 nitrogen and oxygen atoms in total. The quantitative estimate of drug-likeness (QED) is 0.159. The Hall–Kier alpha value is -7.42. The van der Waals surface area contributed by atoms with E-state index in [1.54, 1.807) is 6.07 Å². The van der Waals surface area contributed by atoms with Gasteiger partial charge in [0.05, 0.1) is 27.8 Å². The zero-order chi connectivity index (χ0) is 41.4. The van der Waals surface area contributed by atoms with Gasteiger partial charge in [-0.15, -0.1) is 0 Å². The van der Waals surface area contributed by atoms with E-state index in [0.717, 1.165) is 50.5 Å². The van der Waals surface area contributed by atoms with Crippen molar-refractivity contribution in [2.75, 3.05) is 0 Å². The van der Waals surface area contributed by atoms with E-state index in [1.165, 1.54) is 82.2 Å². The van der Waals surface area contributed by atoms with Crippen LogP contribution in [0, 0.1) is 13.8 Å². The standard InChI is InChI=1S/C57H38N2/c1-34-21-26-55-49(29-34)50-30-35(2)22-27-56(50)58(55)37-24-28-57-51(32-37)46-15-7-8-19-53(46)59(57)54-20-10-18-44-43-17-9-16-38(48(43)33-52(44)54)36-23-25-45-41-13-4-3-11-39(41)40-12-5-6-14-42(40)47(45)31-36/h3-32H,33H2,1-2H3/i1D3. The molecule has 0 atom stereocenters. The van der Waals surface area contributed by atoms with E-state index in [4.69, 9.17) is 4.11 Å². The first kappa shape index (κ1) is 29.8. The molecule has 0 saturated heterocycles. The van der Waals surface area contributed by atoms with Gasteiger partial charge in [0.1, 0.15) is 0 Å². The molecule has 0 saturated carbocycles. The lowest BCUT2D eigenvalue weighted by Gasteiger charge is -2.14. The highest BCUT2D eigenvalue weighted by Gasteiger charge is 2.26. The fraction of sp³-hybridized carbons (Fsp3) is 0.0526. The van der Waals surface area contributed by atoms with Gasteiger partial charge in [-0.2, -0.15) is 0 Å². The molecule has 276 valence electrons. The molecule has 0 spiro atoms. The largest absolute Gasteiger partial charge is 0.309 e. The van der Waals surface area contributed by atoms with Crippen LogP contribution < -0.4 is 0 Å². The molecule has 12 aromatic rings. The first-order chi connectivity index (χ1) is 30.3. The van der Waals surface area contributed by atoms with Gasteiger partial charge in [0.2, 0.25) is 0 Å². The Morgan fingerprint density at radius 1 is 0.373 bits per heavy atom. The van der Waals surface area contributed by atoms with Gasteiger partial charge in [-0.25, -0.2) is 0 Å². The Morgan fingerprint density at radius 3 is 1.66 bits per heavy atom. The molecule has 2 aromatic heterocycles. The third-order valence-electron chi connectivity index (χ3n) is 13.1. The lowest BCUT2D eigenvalue weighted by molar-refractivity contribution is 1.12. The van der Waals surface area contributed by atoms with Crippen LogP contribution in [0.5, 0.6) is 0 Å². The van der Waals surface area contributed by atoms with Crippen molar-refractivity contribution in [2.24, 2.45) is 0 Å². The minimum Gasteiger partial charge on any atom is -0.309 e. The van der Waals surface area contributed by atoms with Crippen LogP contribution in [-0.4, -0.2) is 9.13 Å². The van der Waals surface area contributed by atoms with Crippen molar-refractivity contribution in [3.63, 3.8) is 0 Å². The average Bonchev–Trinajstić information content (AvgIpc) is 3.96. The summed E-state index contributed by atoms with van der Waals surface area (Å²) in [6.45, 7) is -0.0987. The highest BCUT2D eigenvalue weighted by molar-refractivity contribution is 6.26. The van der Waals surface area contributed by atoms with Crippen molar-refractivity contribution in [3.8, 4) is 33.6 Å². The second-order valence-electron chi connectivity index (χ2n) is 16.3. The van der Waals surface area contributed by atoms with Gasteiger partial charge in [-0.3, -0.25) is 0 Å². The Balaban J connectivity index is 0.971. The summed E-state index contributed by atoms with van der Waals surface area (Å²) in [5.41, 5.74) is 15.9. The van der Waals surface area contributed by atoms with E-state index in [1.807, 2.05) is 12.1 Å². The number of para-hydroxylation sites is 1. The highest BCUT2D eigenvalue weighted by Crippen LogP contribution is 2.47. The summed E-state index contributed by atoms with van der Waals surface area (Å²) >= 11 is 0. The maximum atomic E-state index is 8.14. The monoisotopic (exact) mass is 753 g/mol. The molecule has 0 amide bonds. The maximum absolute atomic E-state index is 8.14. The van der Waals surface area contributed by atoms with Crippen LogP contribution >= 0.6 is 0 Å². The summed E-state index contributed by atoms with van der Waals surface area (Å²) in [6, 6.07) is 65.9. The van der Waals surface area contributed by atoms with Crippen molar-refractivity contribution in [3.05, 3.63) is 204 Å². The van der Waals surface area contributed by atoms with E-state index in [9.17, 15) is 0 Å². The lowest BCUT2D eigenvalue weighted by Crippen LogP contribution is -1.99. The highest BCUT2D eigenvalue weighted by atomic mass is 15.0. The van der Waals surface area contributed by atoms with Crippen molar-refractivity contribution in [1.29, 1.82) is 0 Å². The summed E-state index contributed by atoms with van der Waals surface area (Å²) < 4.78 is 29.2. The Bertz CT molecular complexity index is 3870. The third-order valence-corrected chi connectivity index (χ3v) is 13.1. The van der Waals surface area contributed by atoms with Crippen LogP contribution in [0.4, 0.5) is 0 Å². The molecule has 13 rings (SSSR count). The van der Waals surface area contributed by atoms with E-state index in [0.29, 0.717) is 5.56 Å². The number of rotatable bonds is 3. The molecule has 2 heterocycles. The third kappa shape index (κ3) is 4.57. The number of hydrogen-bond donors (Lipinski definition) is 0. The minimum atomic E-state index is -2.19. The van der Waals surface area contributed by atoms with Crippen LogP contribution in [0.25, 0.3) is 110 Å². The number of hydrogen-bond acceptors (Lipinski definition) is 0. The normalized spacial score (nSPS) is 13.5. The summed E-state index contributed by atoms with van der Waals surface area (Å²) in [6.07, 6.45) is 0.832. The molecule has 0 N–H and O–H groups in total. The smallest absolute Gasteiger partial charge is 0.0542 e. The van der Waals surface area contributed by atoms with Crippen LogP contribution in [0.1, 0.15) is 26.4 Å². The van der Waals surface area contributed by atoms with Crippen LogP contribution in [0.2, 0.25) is 0 Å². The number of nitrogens with zero attached hydrogens (tertiary/aromatic N) is 2. The number of fused-ring (bicyclic) bond motifs is 15. The van der Waals surface area contributed by atoms with Gasteiger partial charge in [-0.05, 0) is 140 Å². The fourth-order valence-electron chi connectivity index (χ4n) is 10.5. The molecular weight excluding hydrogens is 713 g/mol.